The topological polar surface area (TPSA) is 41.5 Å². The number of ether oxygens (including phenoxy) is 1. The van der Waals surface area contributed by atoms with E-state index in [9.17, 15) is 13.2 Å². The summed E-state index contributed by atoms with van der Waals surface area (Å²) in [7, 11) is 0. The summed E-state index contributed by atoms with van der Waals surface area (Å²) in [5.74, 6) is -0.340. The molecular weight excluding hydrogens is 303 g/mol. The lowest BCUT2D eigenvalue weighted by Crippen LogP contribution is -2.20. The molecule has 1 rings (SSSR count). The fourth-order valence-corrected chi connectivity index (χ4v) is 1.45. The number of hydrogen-bond donors (Lipinski definition) is 2. The van der Waals surface area contributed by atoms with E-state index in [1.807, 2.05) is 0 Å². The fourth-order valence-electron chi connectivity index (χ4n) is 1.11. The SMILES string of the molecule is C[C@H](O)CNc1ccc(Br)cc1OC(F)(F)F. The second-order valence-corrected chi connectivity index (χ2v) is 4.33. The van der Waals surface area contributed by atoms with E-state index in [2.05, 4.69) is 26.0 Å². The zero-order valence-electron chi connectivity index (χ0n) is 8.88. The van der Waals surface area contributed by atoms with Crippen molar-refractivity contribution in [3.05, 3.63) is 22.7 Å². The van der Waals surface area contributed by atoms with Crippen molar-refractivity contribution in [3.63, 3.8) is 0 Å². The standard InChI is InChI=1S/C10H11BrF3NO2/c1-6(16)5-15-8-3-2-7(11)4-9(8)17-10(12,13)14/h2-4,6,15-16H,5H2,1H3/t6-/m0/s1. The Morgan fingerprint density at radius 3 is 2.65 bits per heavy atom. The Balaban J connectivity index is 2.88. The van der Waals surface area contributed by atoms with Crippen molar-refractivity contribution in [2.75, 3.05) is 11.9 Å². The molecule has 1 aromatic rings. The van der Waals surface area contributed by atoms with E-state index in [1.165, 1.54) is 19.1 Å². The molecule has 0 aliphatic carbocycles. The molecule has 0 aromatic heterocycles. The van der Waals surface area contributed by atoms with Gasteiger partial charge in [0, 0.05) is 11.0 Å². The van der Waals surface area contributed by atoms with Gasteiger partial charge in [0.15, 0.2) is 5.75 Å². The van der Waals surface area contributed by atoms with Gasteiger partial charge in [0.25, 0.3) is 0 Å². The van der Waals surface area contributed by atoms with E-state index in [0.717, 1.165) is 0 Å². The van der Waals surface area contributed by atoms with Crippen LogP contribution >= 0.6 is 15.9 Å². The van der Waals surface area contributed by atoms with Crippen molar-refractivity contribution in [2.45, 2.75) is 19.4 Å². The normalized spacial score (nSPS) is 13.3. The first-order valence-electron chi connectivity index (χ1n) is 4.75. The molecule has 3 nitrogen and oxygen atoms in total. The third-order valence-electron chi connectivity index (χ3n) is 1.76. The molecule has 0 fully saturated rings. The summed E-state index contributed by atoms with van der Waals surface area (Å²) < 4.78 is 40.8. The fraction of sp³-hybridized carbons (Fsp3) is 0.400. The molecule has 96 valence electrons. The molecule has 7 heteroatoms. The Morgan fingerprint density at radius 1 is 1.47 bits per heavy atom. The summed E-state index contributed by atoms with van der Waals surface area (Å²) in [6.07, 6.45) is -5.42. The highest BCUT2D eigenvalue weighted by Gasteiger charge is 2.32. The minimum absolute atomic E-state index is 0.135. The minimum Gasteiger partial charge on any atom is -0.404 e. The Bertz CT molecular complexity index is 382. The van der Waals surface area contributed by atoms with Crippen molar-refractivity contribution >= 4 is 21.6 Å². The van der Waals surface area contributed by atoms with Gasteiger partial charge in [0.05, 0.1) is 11.8 Å². The number of anilines is 1. The number of nitrogens with one attached hydrogen (secondary N) is 1. The maximum atomic E-state index is 12.1. The molecule has 0 saturated heterocycles. The predicted molar refractivity (Wildman–Crippen MR) is 61.0 cm³/mol. The summed E-state index contributed by atoms with van der Waals surface area (Å²) >= 11 is 3.06. The number of hydrogen-bond acceptors (Lipinski definition) is 3. The third kappa shape index (κ3) is 5.27. The van der Waals surface area contributed by atoms with Gasteiger partial charge in [-0.25, -0.2) is 0 Å². The molecule has 0 spiro atoms. The molecule has 0 radical (unpaired) electrons. The van der Waals surface area contributed by atoms with Gasteiger partial charge in [-0.05, 0) is 25.1 Å². The highest BCUT2D eigenvalue weighted by atomic mass is 79.9. The summed E-state index contributed by atoms with van der Waals surface area (Å²) in [5, 5.41) is 11.7. The lowest BCUT2D eigenvalue weighted by Gasteiger charge is -2.15. The first kappa shape index (κ1) is 14.1. The van der Waals surface area contributed by atoms with Gasteiger partial charge in [0.2, 0.25) is 0 Å². The van der Waals surface area contributed by atoms with Gasteiger partial charge in [-0.1, -0.05) is 15.9 Å². The van der Waals surface area contributed by atoms with Gasteiger partial charge in [-0.2, -0.15) is 0 Å². The van der Waals surface area contributed by atoms with Crippen molar-refractivity contribution in [2.24, 2.45) is 0 Å². The van der Waals surface area contributed by atoms with Gasteiger partial charge >= 0.3 is 6.36 Å². The van der Waals surface area contributed by atoms with Crippen LogP contribution in [0.5, 0.6) is 5.75 Å². The van der Waals surface area contributed by atoms with Crippen LogP contribution in [0, 0.1) is 0 Å². The molecule has 0 amide bonds. The average Bonchev–Trinajstić information content (AvgIpc) is 2.13. The van der Waals surface area contributed by atoms with Crippen LogP contribution in [-0.2, 0) is 0 Å². The van der Waals surface area contributed by atoms with E-state index in [0.29, 0.717) is 4.47 Å². The second kappa shape index (κ2) is 5.59. The van der Waals surface area contributed by atoms with E-state index < -0.39 is 12.5 Å². The predicted octanol–water partition coefficient (Wildman–Crippen LogP) is 3.14. The van der Waals surface area contributed by atoms with Gasteiger partial charge in [-0.15, -0.1) is 13.2 Å². The minimum atomic E-state index is -4.75. The maximum Gasteiger partial charge on any atom is 0.573 e. The Kier molecular flexibility index (Phi) is 4.64. The highest BCUT2D eigenvalue weighted by Crippen LogP contribution is 2.32. The third-order valence-corrected chi connectivity index (χ3v) is 2.25. The number of benzene rings is 1. The molecule has 0 saturated carbocycles. The van der Waals surface area contributed by atoms with E-state index in [-0.39, 0.29) is 18.0 Å². The van der Waals surface area contributed by atoms with Gasteiger partial charge in [-0.3, -0.25) is 0 Å². The smallest absolute Gasteiger partial charge is 0.404 e. The van der Waals surface area contributed by atoms with Crippen LogP contribution in [0.25, 0.3) is 0 Å². The lowest BCUT2D eigenvalue weighted by atomic mass is 10.3. The molecule has 1 aromatic carbocycles. The van der Waals surface area contributed by atoms with Crippen LogP contribution in [0.4, 0.5) is 18.9 Å². The maximum absolute atomic E-state index is 12.1. The van der Waals surface area contributed by atoms with Crippen molar-refractivity contribution in [3.8, 4) is 5.75 Å². The molecule has 0 aliphatic heterocycles. The Labute approximate surface area is 105 Å². The molecule has 17 heavy (non-hydrogen) atoms. The first-order valence-corrected chi connectivity index (χ1v) is 5.54. The monoisotopic (exact) mass is 313 g/mol. The van der Waals surface area contributed by atoms with E-state index in [1.54, 1.807) is 6.07 Å². The summed E-state index contributed by atoms with van der Waals surface area (Å²) in [6.45, 7) is 1.66. The van der Waals surface area contributed by atoms with Crippen LogP contribution in [0.15, 0.2) is 22.7 Å². The van der Waals surface area contributed by atoms with Crippen LogP contribution in [0.3, 0.4) is 0 Å². The number of aliphatic hydroxyl groups is 1. The lowest BCUT2D eigenvalue weighted by molar-refractivity contribution is -0.274. The Hall–Kier alpha value is -0.950. The molecular formula is C10H11BrF3NO2. The first-order chi connectivity index (χ1) is 7.78. The number of aliphatic hydroxyl groups excluding tert-OH is 1. The highest BCUT2D eigenvalue weighted by molar-refractivity contribution is 9.10. The zero-order valence-corrected chi connectivity index (χ0v) is 10.5. The molecule has 0 bridgehead atoms. The molecule has 2 N–H and O–H groups in total. The van der Waals surface area contributed by atoms with E-state index in [4.69, 9.17) is 5.11 Å². The summed E-state index contributed by atoms with van der Waals surface area (Å²) in [5.41, 5.74) is 0.173. The van der Waals surface area contributed by atoms with Crippen molar-refractivity contribution in [1.29, 1.82) is 0 Å². The molecule has 0 unspecified atom stereocenters. The van der Waals surface area contributed by atoms with Crippen molar-refractivity contribution in [1.82, 2.24) is 0 Å². The van der Waals surface area contributed by atoms with Gasteiger partial charge in [0.1, 0.15) is 0 Å². The largest absolute Gasteiger partial charge is 0.573 e. The summed E-state index contributed by atoms with van der Waals surface area (Å²) in [6, 6.07) is 4.22. The number of halogens is 4. The second-order valence-electron chi connectivity index (χ2n) is 3.42. The quantitative estimate of drug-likeness (QED) is 0.897. The van der Waals surface area contributed by atoms with Crippen LogP contribution in [0.1, 0.15) is 6.92 Å². The summed E-state index contributed by atoms with van der Waals surface area (Å²) in [4.78, 5) is 0. The van der Waals surface area contributed by atoms with Crippen LogP contribution in [-0.4, -0.2) is 24.1 Å². The molecule has 0 heterocycles. The molecule has 1 atom stereocenters. The number of rotatable bonds is 4. The van der Waals surface area contributed by atoms with E-state index >= 15 is 0 Å². The van der Waals surface area contributed by atoms with Crippen molar-refractivity contribution < 1.29 is 23.0 Å². The van der Waals surface area contributed by atoms with Crippen LogP contribution < -0.4 is 10.1 Å². The van der Waals surface area contributed by atoms with Crippen LogP contribution in [0.2, 0.25) is 0 Å². The average molecular weight is 314 g/mol. The zero-order chi connectivity index (χ0) is 13.1. The molecule has 0 aliphatic rings. The number of alkyl halides is 3. The Morgan fingerprint density at radius 2 is 2.12 bits per heavy atom. The van der Waals surface area contributed by atoms with Gasteiger partial charge < -0.3 is 15.2 Å².